The third-order valence-corrected chi connectivity index (χ3v) is 5.13. The number of nitrogens with zero attached hydrogens (tertiary/aromatic N) is 2. The molecule has 0 unspecified atom stereocenters. The molecule has 0 radical (unpaired) electrons. The lowest BCUT2D eigenvalue weighted by Gasteiger charge is -2.20. The molecule has 2 aromatic heterocycles. The van der Waals surface area contributed by atoms with Gasteiger partial charge in [0.15, 0.2) is 0 Å². The van der Waals surface area contributed by atoms with Gasteiger partial charge in [0.05, 0.1) is 6.04 Å². The molecule has 0 saturated heterocycles. The maximum absolute atomic E-state index is 12.8. The summed E-state index contributed by atoms with van der Waals surface area (Å²) in [6.07, 6.45) is 12.6. The summed E-state index contributed by atoms with van der Waals surface area (Å²) in [5.41, 5.74) is 5.84. The predicted octanol–water partition coefficient (Wildman–Crippen LogP) is 4.49. The Balaban J connectivity index is 1.46. The van der Waals surface area contributed by atoms with Gasteiger partial charge < -0.3 is 5.32 Å². The van der Waals surface area contributed by atoms with Gasteiger partial charge >= 0.3 is 0 Å². The molecule has 0 bridgehead atoms. The van der Waals surface area contributed by atoms with Crippen LogP contribution in [0.1, 0.15) is 47.6 Å². The molecule has 1 N–H and O–H groups in total. The predicted molar refractivity (Wildman–Crippen MR) is 110 cm³/mol. The van der Waals surface area contributed by atoms with Gasteiger partial charge in [-0.1, -0.05) is 42.5 Å². The lowest BCUT2D eigenvalue weighted by Crippen LogP contribution is -2.29. The summed E-state index contributed by atoms with van der Waals surface area (Å²) in [7, 11) is 0. The molecule has 1 aliphatic carbocycles. The van der Waals surface area contributed by atoms with Crippen LogP contribution in [0.2, 0.25) is 0 Å². The van der Waals surface area contributed by atoms with E-state index in [1.807, 2.05) is 24.3 Å². The van der Waals surface area contributed by atoms with Crippen LogP contribution in [0.4, 0.5) is 0 Å². The van der Waals surface area contributed by atoms with E-state index in [0.29, 0.717) is 6.42 Å². The number of nitrogens with one attached hydrogen (secondary N) is 1. The van der Waals surface area contributed by atoms with E-state index in [1.165, 1.54) is 16.7 Å². The molecule has 4 nitrogen and oxygen atoms in total. The van der Waals surface area contributed by atoms with E-state index >= 15 is 0 Å². The molecule has 0 fully saturated rings. The molecular weight excluding hydrogens is 346 g/mol. The fraction of sp³-hybridized carbons (Fsp3) is 0.208. The Morgan fingerprint density at radius 3 is 2.36 bits per heavy atom. The molecule has 28 heavy (non-hydrogen) atoms. The second kappa shape index (κ2) is 8.61. The number of benzene rings is 1. The fourth-order valence-corrected chi connectivity index (χ4v) is 3.73. The van der Waals surface area contributed by atoms with Gasteiger partial charge in [0.2, 0.25) is 5.91 Å². The lowest BCUT2D eigenvalue weighted by atomic mass is 9.88. The van der Waals surface area contributed by atoms with Gasteiger partial charge in [0.1, 0.15) is 0 Å². The molecule has 1 aromatic carbocycles. The summed E-state index contributed by atoms with van der Waals surface area (Å²) in [5.74, 6) is 0.0293. The second-order valence-electron chi connectivity index (χ2n) is 7.00. The number of carbonyl (C=O) groups is 1. The standard InChI is InChI=1S/C24H23N3O/c28-23(13-12-19-8-3-7-18-6-1-2-11-22(18)19)27-24(20-9-4-14-25-16-20)21-10-5-15-26-17-21/h1-2,4-6,8-11,14-17,24H,3,7,12-13H2,(H,27,28). The van der Waals surface area contributed by atoms with Gasteiger partial charge in [-0.05, 0) is 59.2 Å². The molecule has 2 heterocycles. The Morgan fingerprint density at radius 1 is 0.964 bits per heavy atom. The molecule has 1 amide bonds. The maximum atomic E-state index is 12.8. The van der Waals surface area contributed by atoms with E-state index < -0.39 is 0 Å². The number of hydrogen-bond acceptors (Lipinski definition) is 3. The summed E-state index contributed by atoms with van der Waals surface area (Å²) < 4.78 is 0. The van der Waals surface area contributed by atoms with Crippen LogP contribution in [0.15, 0.2) is 79.4 Å². The smallest absolute Gasteiger partial charge is 0.221 e. The highest BCUT2D eigenvalue weighted by molar-refractivity contribution is 5.80. The van der Waals surface area contributed by atoms with Crippen LogP contribution < -0.4 is 5.32 Å². The number of pyridine rings is 2. The molecule has 0 atom stereocenters. The lowest BCUT2D eigenvalue weighted by molar-refractivity contribution is -0.121. The zero-order valence-corrected chi connectivity index (χ0v) is 15.7. The Kier molecular flexibility index (Phi) is 5.57. The van der Waals surface area contributed by atoms with Crippen molar-refractivity contribution in [3.8, 4) is 0 Å². The molecule has 0 aliphatic heterocycles. The molecule has 3 aromatic rings. The number of allylic oxidation sites excluding steroid dienone is 2. The van der Waals surface area contributed by atoms with Crippen LogP contribution in [0.5, 0.6) is 0 Å². The van der Waals surface area contributed by atoms with Crippen molar-refractivity contribution in [2.24, 2.45) is 0 Å². The summed E-state index contributed by atoms with van der Waals surface area (Å²) in [6, 6.07) is 16.0. The average Bonchev–Trinajstić information content (AvgIpc) is 2.77. The first-order valence-electron chi connectivity index (χ1n) is 9.68. The highest BCUT2D eigenvalue weighted by Gasteiger charge is 2.18. The second-order valence-corrected chi connectivity index (χ2v) is 7.00. The third-order valence-electron chi connectivity index (χ3n) is 5.13. The quantitative estimate of drug-likeness (QED) is 0.696. The van der Waals surface area contributed by atoms with E-state index in [9.17, 15) is 4.79 Å². The Bertz CT molecular complexity index is 928. The van der Waals surface area contributed by atoms with Crippen molar-refractivity contribution in [3.63, 3.8) is 0 Å². The first-order chi connectivity index (χ1) is 13.8. The number of fused-ring (bicyclic) bond motifs is 1. The summed E-state index contributed by atoms with van der Waals surface area (Å²) in [4.78, 5) is 21.2. The van der Waals surface area contributed by atoms with Gasteiger partial charge in [-0.25, -0.2) is 0 Å². The number of amides is 1. The molecule has 0 spiro atoms. The monoisotopic (exact) mass is 369 g/mol. The molecule has 0 saturated carbocycles. The van der Waals surface area contributed by atoms with E-state index in [4.69, 9.17) is 0 Å². The van der Waals surface area contributed by atoms with Crippen LogP contribution in [0, 0.1) is 0 Å². The normalized spacial score (nSPS) is 13.0. The molecule has 4 heteroatoms. The van der Waals surface area contributed by atoms with Crippen molar-refractivity contribution in [3.05, 3.63) is 102 Å². The Morgan fingerprint density at radius 2 is 1.68 bits per heavy atom. The average molecular weight is 369 g/mol. The summed E-state index contributed by atoms with van der Waals surface area (Å²) in [6.45, 7) is 0. The van der Waals surface area contributed by atoms with E-state index in [-0.39, 0.29) is 11.9 Å². The van der Waals surface area contributed by atoms with E-state index in [0.717, 1.165) is 30.4 Å². The molecule has 4 rings (SSSR count). The number of hydrogen-bond donors (Lipinski definition) is 1. The number of aromatic nitrogens is 2. The van der Waals surface area contributed by atoms with Crippen molar-refractivity contribution >= 4 is 11.5 Å². The first kappa shape index (κ1) is 18.1. The minimum absolute atomic E-state index is 0.0293. The van der Waals surface area contributed by atoms with Crippen molar-refractivity contribution in [1.29, 1.82) is 0 Å². The van der Waals surface area contributed by atoms with E-state index in [1.54, 1.807) is 24.8 Å². The topological polar surface area (TPSA) is 54.9 Å². The Labute approximate surface area is 165 Å². The summed E-state index contributed by atoms with van der Waals surface area (Å²) >= 11 is 0. The summed E-state index contributed by atoms with van der Waals surface area (Å²) in [5, 5.41) is 3.17. The van der Waals surface area contributed by atoms with Gasteiger partial charge in [-0.3, -0.25) is 14.8 Å². The largest absolute Gasteiger partial charge is 0.345 e. The number of rotatable bonds is 6. The van der Waals surface area contributed by atoms with Gasteiger partial charge in [-0.15, -0.1) is 0 Å². The van der Waals surface area contributed by atoms with Crippen LogP contribution >= 0.6 is 0 Å². The van der Waals surface area contributed by atoms with Gasteiger partial charge in [0, 0.05) is 31.2 Å². The highest BCUT2D eigenvalue weighted by Crippen LogP contribution is 2.29. The van der Waals surface area contributed by atoms with Crippen molar-refractivity contribution in [1.82, 2.24) is 15.3 Å². The van der Waals surface area contributed by atoms with Crippen LogP contribution in [-0.4, -0.2) is 15.9 Å². The number of carbonyl (C=O) groups excluding carboxylic acids is 1. The van der Waals surface area contributed by atoms with Gasteiger partial charge in [0.25, 0.3) is 0 Å². The van der Waals surface area contributed by atoms with Crippen LogP contribution in [0.3, 0.4) is 0 Å². The van der Waals surface area contributed by atoms with Gasteiger partial charge in [-0.2, -0.15) is 0 Å². The van der Waals surface area contributed by atoms with Crippen molar-refractivity contribution in [2.45, 2.75) is 31.7 Å². The zero-order chi connectivity index (χ0) is 19.2. The molecule has 140 valence electrons. The first-order valence-corrected chi connectivity index (χ1v) is 9.68. The third kappa shape index (κ3) is 4.17. The maximum Gasteiger partial charge on any atom is 0.221 e. The highest BCUT2D eigenvalue weighted by atomic mass is 16.1. The van der Waals surface area contributed by atoms with Crippen LogP contribution in [-0.2, 0) is 11.2 Å². The number of aryl methyl sites for hydroxylation is 1. The molecular formula is C24H23N3O. The van der Waals surface area contributed by atoms with Crippen molar-refractivity contribution < 1.29 is 4.79 Å². The minimum atomic E-state index is -0.248. The van der Waals surface area contributed by atoms with E-state index in [2.05, 4.69) is 45.6 Å². The Hall–Kier alpha value is -3.27. The zero-order valence-electron chi connectivity index (χ0n) is 15.7. The fourth-order valence-electron chi connectivity index (χ4n) is 3.73. The molecule has 1 aliphatic rings. The van der Waals surface area contributed by atoms with Crippen LogP contribution in [0.25, 0.3) is 5.57 Å². The van der Waals surface area contributed by atoms with Crippen molar-refractivity contribution in [2.75, 3.05) is 0 Å². The minimum Gasteiger partial charge on any atom is -0.345 e. The SMILES string of the molecule is O=C(CCC1=CCCc2ccccc21)NC(c1cccnc1)c1cccnc1.